The Balaban J connectivity index is 1.91. The van der Waals surface area contributed by atoms with Gasteiger partial charge in [-0.25, -0.2) is 4.98 Å². The van der Waals surface area contributed by atoms with Gasteiger partial charge in [-0.05, 0) is 20.8 Å². The van der Waals surface area contributed by atoms with Crippen molar-refractivity contribution in [2.24, 2.45) is 0 Å². The monoisotopic (exact) mass is 249 g/mol. The zero-order valence-corrected chi connectivity index (χ0v) is 10.6. The number of oxazole rings is 1. The van der Waals surface area contributed by atoms with Gasteiger partial charge < -0.3 is 14.3 Å². The molecule has 0 aliphatic carbocycles. The minimum absolute atomic E-state index is 0.147. The number of nitrogens with zero attached hydrogens (tertiary/aromatic N) is 2. The molecule has 1 amide bonds. The van der Waals surface area contributed by atoms with Gasteiger partial charge >= 0.3 is 0 Å². The van der Waals surface area contributed by atoms with Crippen LogP contribution in [0, 0.1) is 13.8 Å². The van der Waals surface area contributed by atoms with Crippen LogP contribution in [0.4, 0.5) is 0 Å². The van der Waals surface area contributed by atoms with Gasteiger partial charge in [-0.2, -0.15) is 0 Å². The number of aromatic nitrogens is 2. The number of carbonyl (C=O) groups is 1. The van der Waals surface area contributed by atoms with Crippen LogP contribution in [-0.2, 0) is 11.2 Å². The summed E-state index contributed by atoms with van der Waals surface area (Å²) in [6.45, 7) is 5.41. The maximum atomic E-state index is 11.8. The van der Waals surface area contributed by atoms with E-state index in [0.29, 0.717) is 17.3 Å². The highest BCUT2D eigenvalue weighted by Crippen LogP contribution is 2.12. The van der Waals surface area contributed by atoms with Gasteiger partial charge in [0.1, 0.15) is 17.6 Å². The lowest BCUT2D eigenvalue weighted by atomic mass is 10.2. The van der Waals surface area contributed by atoms with Crippen molar-refractivity contribution in [3.8, 4) is 0 Å². The highest BCUT2D eigenvalue weighted by molar-refractivity contribution is 5.78. The Morgan fingerprint density at radius 1 is 1.44 bits per heavy atom. The molecule has 0 aliphatic heterocycles. The molecular weight excluding hydrogens is 234 g/mol. The summed E-state index contributed by atoms with van der Waals surface area (Å²) in [5, 5.41) is 6.56. The molecule has 2 rings (SSSR count). The highest BCUT2D eigenvalue weighted by atomic mass is 16.5. The van der Waals surface area contributed by atoms with Crippen LogP contribution in [0.1, 0.15) is 36.1 Å². The van der Waals surface area contributed by atoms with Gasteiger partial charge in [-0.3, -0.25) is 4.79 Å². The highest BCUT2D eigenvalue weighted by Gasteiger charge is 2.15. The quantitative estimate of drug-likeness (QED) is 0.891. The summed E-state index contributed by atoms with van der Waals surface area (Å²) in [7, 11) is 0. The first-order chi connectivity index (χ1) is 8.54. The summed E-state index contributed by atoms with van der Waals surface area (Å²) < 4.78 is 10.2. The molecule has 18 heavy (non-hydrogen) atoms. The van der Waals surface area contributed by atoms with Gasteiger partial charge in [0.05, 0.1) is 18.3 Å². The summed E-state index contributed by atoms with van der Waals surface area (Å²) in [5.41, 5.74) is 0.612. The molecule has 1 atom stereocenters. The fraction of sp³-hybridized carbons (Fsp3) is 0.417. The largest absolute Gasteiger partial charge is 0.444 e. The maximum absolute atomic E-state index is 11.8. The van der Waals surface area contributed by atoms with Crippen LogP contribution in [0.3, 0.4) is 0 Å². The second-order valence-electron chi connectivity index (χ2n) is 4.20. The second kappa shape index (κ2) is 5.03. The lowest BCUT2D eigenvalue weighted by Gasteiger charge is -2.09. The molecule has 1 unspecified atom stereocenters. The van der Waals surface area contributed by atoms with E-state index in [1.54, 1.807) is 19.2 Å². The minimum Gasteiger partial charge on any atom is -0.444 e. The van der Waals surface area contributed by atoms with Crippen molar-refractivity contribution in [2.45, 2.75) is 33.2 Å². The number of aryl methyl sites for hydroxylation is 2. The topological polar surface area (TPSA) is 81.2 Å². The molecule has 0 spiro atoms. The molecule has 0 saturated heterocycles. The number of hydrogen-bond donors (Lipinski definition) is 1. The summed E-state index contributed by atoms with van der Waals surface area (Å²) in [4.78, 5) is 15.8. The summed E-state index contributed by atoms with van der Waals surface area (Å²) in [5.74, 6) is 1.76. The van der Waals surface area contributed by atoms with Crippen molar-refractivity contribution in [3.05, 3.63) is 35.4 Å². The molecule has 1 N–H and O–H groups in total. The Morgan fingerprint density at radius 3 is 2.78 bits per heavy atom. The van der Waals surface area contributed by atoms with Crippen LogP contribution in [0.2, 0.25) is 0 Å². The van der Waals surface area contributed by atoms with Crippen molar-refractivity contribution < 1.29 is 13.7 Å². The summed E-state index contributed by atoms with van der Waals surface area (Å²) in [6.07, 6.45) is 1.81. The van der Waals surface area contributed by atoms with E-state index in [9.17, 15) is 4.79 Å². The third kappa shape index (κ3) is 2.97. The summed E-state index contributed by atoms with van der Waals surface area (Å²) in [6, 6.07) is 1.47. The van der Waals surface area contributed by atoms with Crippen LogP contribution >= 0.6 is 0 Å². The van der Waals surface area contributed by atoms with Gasteiger partial charge in [0.25, 0.3) is 0 Å². The number of hydrogen-bond acceptors (Lipinski definition) is 5. The predicted molar refractivity (Wildman–Crippen MR) is 62.7 cm³/mol. The lowest BCUT2D eigenvalue weighted by Crippen LogP contribution is -2.28. The molecule has 0 fully saturated rings. The molecule has 0 bridgehead atoms. The fourth-order valence-electron chi connectivity index (χ4n) is 1.59. The van der Waals surface area contributed by atoms with Crippen LogP contribution in [0.15, 0.2) is 21.2 Å². The molecule has 96 valence electrons. The first-order valence-corrected chi connectivity index (χ1v) is 5.68. The smallest absolute Gasteiger partial charge is 0.226 e. The SMILES string of the molecule is Cc1cc(CC(=O)NC(C)c2ncc(C)o2)no1. The van der Waals surface area contributed by atoms with Crippen LogP contribution in [0.5, 0.6) is 0 Å². The number of rotatable bonds is 4. The van der Waals surface area contributed by atoms with E-state index in [2.05, 4.69) is 15.5 Å². The van der Waals surface area contributed by atoms with Crippen molar-refractivity contribution in [1.29, 1.82) is 0 Å². The number of nitrogens with one attached hydrogen (secondary N) is 1. The average molecular weight is 249 g/mol. The van der Waals surface area contributed by atoms with Crippen molar-refractivity contribution in [3.63, 3.8) is 0 Å². The van der Waals surface area contributed by atoms with E-state index in [1.165, 1.54) is 0 Å². The molecule has 6 nitrogen and oxygen atoms in total. The molecule has 0 radical (unpaired) electrons. The second-order valence-corrected chi connectivity index (χ2v) is 4.20. The molecule has 6 heteroatoms. The first kappa shape index (κ1) is 12.3. The van der Waals surface area contributed by atoms with Crippen molar-refractivity contribution >= 4 is 5.91 Å². The third-order valence-corrected chi connectivity index (χ3v) is 2.41. The van der Waals surface area contributed by atoms with Gasteiger partial charge in [0.15, 0.2) is 0 Å². The van der Waals surface area contributed by atoms with Crippen LogP contribution in [0.25, 0.3) is 0 Å². The van der Waals surface area contributed by atoms with E-state index < -0.39 is 0 Å². The Morgan fingerprint density at radius 2 is 2.22 bits per heavy atom. The van der Waals surface area contributed by atoms with Gasteiger partial charge in [0, 0.05) is 6.07 Å². The zero-order valence-electron chi connectivity index (χ0n) is 10.6. The molecule has 0 aliphatic rings. The Hall–Kier alpha value is -2.11. The summed E-state index contributed by atoms with van der Waals surface area (Å²) >= 11 is 0. The molecule has 0 aromatic carbocycles. The lowest BCUT2D eigenvalue weighted by molar-refractivity contribution is -0.121. The maximum Gasteiger partial charge on any atom is 0.226 e. The standard InChI is InChI=1S/C12H15N3O3/c1-7-4-10(15-18-7)5-11(16)14-9(3)12-13-6-8(2)17-12/h4,6,9H,5H2,1-3H3,(H,14,16). The van der Waals surface area contributed by atoms with Crippen LogP contribution < -0.4 is 5.32 Å². The first-order valence-electron chi connectivity index (χ1n) is 5.68. The predicted octanol–water partition coefficient (Wildman–Crippen LogP) is 1.70. The third-order valence-electron chi connectivity index (χ3n) is 2.41. The Kier molecular flexibility index (Phi) is 3.45. The molecule has 0 saturated carbocycles. The number of carbonyl (C=O) groups excluding carboxylic acids is 1. The molecular formula is C12H15N3O3. The molecule has 2 aromatic heterocycles. The van der Waals surface area contributed by atoms with Gasteiger partial charge in [-0.1, -0.05) is 5.16 Å². The van der Waals surface area contributed by atoms with E-state index in [-0.39, 0.29) is 18.4 Å². The zero-order chi connectivity index (χ0) is 13.1. The van der Waals surface area contributed by atoms with Crippen molar-refractivity contribution in [1.82, 2.24) is 15.5 Å². The van der Waals surface area contributed by atoms with Gasteiger partial charge in [-0.15, -0.1) is 0 Å². The molecule has 2 heterocycles. The van der Waals surface area contributed by atoms with E-state index in [1.807, 2.05) is 13.8 Å². The van der Waals surface area contributed by atoms with Crippen molar-refractivity contribution in [2.75, 3.05) is 0 Å². The van der Waals surface area contributed by atoms with E-state index in [0.717, 1.165) is 5.76 Å². The van der Waals surface area contributed by atoms with Crippen LogP contribution in [-0.4, -0.2) is 16.0 Å². The average Bonchev–Trinajstić information content (AvgIpc) is 2.87. The number of amides is 1. The Labute approximate surface area is 104 Å². The Bertz CT molecular complexity index is 544. The normalized spacial score (nSPS) is 12.4. The molecule has 2 aromatic rings. The van der Waals surface area contributed by atoms with E-state index >= 15 is 0 Å². The fourth-order valence-corrected chi connectivity index (χ4v) is 1.59. The van der Waals surface area contributed by atoms with E-state index in [4.69, 9.17) is 8.94 Å². The van der Waals surface area contributed by atoms with Gasteiger partial charge in [0.2, 0.25) is 11.8 Å². The minimum atomic E-state index is -0.265.